The Morgan fingerprint density at radius 1 is 1.00 bits per heavy atom. The number of hydrogen-bond acceptors (Lipinski definition) is 7. The van der Waals surface area contributed by atoms with E-state index in [1.165, 1.54) is 12.8 Å². The lowest BCUT2D eigenvalue weighted by atomic mass is 10.1. The number of carbonyl (C=O) groups is 2. The molecule has 0 saturated heterocycles. The highest BCUT2D eigenvalue weighted by Gasteiger charge is 2.23. The zero-order valence-corrected chi connectivity index (χ0v) is 22.1. The van der Waals surface area contributed by atoms with Gasteiger partial charge in [-0.2, -0.15) is 0 Å². The fourth-order valence-electron chi connectivity index (χ4n) is 3.87. The topological polar surface area (TPSA) is 98.3 Å². The van der Waals surface area contributed by atoms with Gasteiger partial charge < -0.3 is 24.8 Å². The lowest BCUT2D eigenvalue weighted by Crippen LogP contribution is -2.43. The van der Waals surface area contributed by atoms with Crippen LogP contribution in [-0.4, -0.2) is 43.7 Å². The van der Waals surface area contributed by atoms with E-state index in [1.807, 2.05) is 56.3 Å². The van der Waals surface area contributed by atoms with Crippen molar-refractivity contribution < 1.29 is 23.8 Å². The number of amidine groups is 1. The Kier molecular flexibility index (Phi) is 11.3. The monoisotopic (exact) mass is 509 g/mol. The Balaban J connectivity index is 1.54. The van der Waals surface area contributed by atoms with Crippen LogP contribution in [0.2, 0.25) is 0 Å². The first-order valence-electron chi connectivity index (χ1n) is 13.1. The van der Waals surface area contributed by atoms with Crippen molar-refractivity contribution >= 4 is 23.6 Å². The molecule has 2 aromatic rings. The molecular formula is C29H39N3O5. The molecule has 2 N–H and O–H groups in total. The molecule has 1 aliphatic heterocycles. The molecule has 3 rings (SSSR count). The lowest BCUT2D eigenvalue weighted by molar-refractivity contribution is -0.145. The van der Waals surface area contributed by atoms with Crippen LogP contribution in [0.3, 0.4) is 0 Å². The van der Waals surface area contributed by atoms with Gasteiger partial charge in [0.05, 0.1) is 13.2 Å². The predicted molar refractivity (Wildman–Crippen MR) is 145 cm³/mol. The number of carbonyl (C=O) groups excluding carboxylic acids is 2. The van der Waals surface area contributed by atoms with Crippen molar-refractivity contribution in [3.8, 4) is 5.75 Å². The zero-order valence-electron chi connectivity index (χ0n) is 22.1. The number of esters is 1. The van der Waals surface area contributed by atoms with Crippen molar-refractivity contribution in [2.75, 3.05) is 25.1 Å². The molecule has 0 fully saturated rings. The number of rotatable bonds is 11. The third kappa shape index (κ3) is 10.1. The summed E-state index contributed by atoms with van der Waals surface area (Å²) in [6, 6.07) is 14.8. The maximum atomic E-state index is 12.4. The number of amides is 1. The summed E-state index contributed by atoms with van der Waals surface area (Å²) in [5.41, 5.74) is 2.93. The molecule has 200 valence electrons. The third-order valence-corrected chi connectivity index (χ3v) is 5.77. The molecular weight excluding hydrogens is 470 g/mol. The van der Waals surface area contributed by atoms with Gasteiger partial charge in [-0.25, -0.2) is 9.59 Å². The van der Waals surface area contributed by atoms with E-state index >= 15 is 0 Å². The highest BCUT2D eigenvalue weighted by Crippen LogP contribution is 2.18. The average Bonchev–Trinajstić information content (AvgIpc) is 3.15. The van der Waals surface area contributed by atoms with E-state index in [0.29, 0.717) is 12.4 Å². The number of nitrogens with zero attached hydrogens (tertiary/aromatic N) is 1. The van der Waals surface area contributed by atoms with Crippen molar-refractivity contribution in [3.63, 3.8) is 0 Å². The molecule has 0 radical (unpaired) electrons. The van der Waals surface area contributed by atoms with Crippen LogP contribution in [0, 0.1) is 5.92 Å². The van der Waals surface area contributed by atoms with Crippen LogP contribution in [0.25, 0.3) is 0 Å². The minimum Gasteiger partial charge on any atom is -0.489 e. The smallest absolute Gasteiger partial charge is 0.407 e. The standard InChI is InChI=1S/C29H39N3O5/c1-4-35-28(33)26(32-29(34)37-19-21(2)3)18-22-12-14-25(15-13-22)36-20-23-9-8-10-24(17-23)31-27-11-6-5-7-16-30-27/h8-10,12-15,17,21,26H,4-7,11,16,18-20H2,1-3H3,(H,30,31)(H,32,34). The van der Waals surface area contributed by atoms with Crippen LogP contribution in [0.15, 0.2) is 53.5 Å². The summed E-state index contributed by atoms with van der Waals surface area (Å²) in [6.07, 6.45) is 4.19. The van der Waals surface area contributed by atoms with Crippen molar-refractivity contribution in [2.24, 2.45) is 10.9 Å². The number of nitrogens with one attached hydrogen (secondary N) is 2. The first-order chi connectivity index (χ1) is 17.9. The lowest BCUT2D eigenvalue weighted by Gasteiger charge is -2.18. The van der Waals surface area contributed by atoms with Crippen LogP contribution >= 0.6 is 0 Å². The van der Waals surface area contributed by atoms with Gasteiger partial charge in [-0.05, 0) is 61.1 Å². The molecule has 0 bridgehead atoms. The largest absolute Gasteiger partial charge is 0.489 e. The van der Waals surface area contributed by atoms with Crippen LogP contribution in [0.5, 0.6) is 5.75 Å². The van der Waals surface area contributed by atoms with Gasteiger partial charge in [-0.1, -0.05) is 44.5 Å². The molecule has 2 aromatic carbocycles. The molecule has 1 amide bonds. The number of alkyl carbamates (subject to hydrolysis) is 1. The maximum absolute atomic E-state index is 12.4. The Morgan fingerprint density at radius 2 is 1.81 bits per heavy atom. The fourth-order valence-corrected chi connectivity index (χ4v) is 3.87. The molecule has 1 heterocycles. The zero-order chi connectivity index (χ0) is 26.5. The summed E-state index contributed by atoms with van der Waals surface area (Å²) in [6.45, 7) is 7.45. The second kappa shape index (κ2) is 14.9. The molecule has 37 heavy (non-hydrogen) atoms. The van der Waals surface area contributed by atoms with Gasteiger partial charge in [0.15, 0.2) is 0 Å². The molecule has 1 aliphatic rings. The second-order valence-electron chi connectivity index (χ2n) is 9.54. The number of ether oxygens (including phenoxy) is 3. The van der Waals surface area contributed by atoms with Crippen LogP contribution in [0.1, 0.15) is 57.6 Å². The Hall–Kier alpha value is -3.55. The first-order valence-corrected chi connectivity index (χ1v) is 13.1. The molecule has 1 atom stereocenters. The van der Waals surface area contributed by atoms with Crippen molar-refractivity contribution in [1.29, 1.82) is 0 Å². The average molecular weight is 510 g/mol. The molecule has 0 aromatic heterocycles. The van der Waals surface area contributed by atoms with Gasteiger partial charge in [0.25, 0.3) is 0 Å². The number of hydrogen-bond donors (Lipinski definition) is 2. The molecule has 0 saturated carbocycles. The predicted octanol–water partition coefficient (Wildman–Crippen LogP) is 5.51. The van der Waals surface area contributed by atoms with Crippen molar-refractivity contribution in [3.05, 3.63) is 59.7 Å². The molecule has 8 heteroatoms. The number of anilines is 1. The van der Waals surface area contributed by atoms with Gasteiger partial charge in [-0.3, -0.25) is 4.99 Å². The van der Waals surface area contributed by atoms with E-state index in [1.54, 1.807) is 6.92 Å². The first kappa shape index (κ1) is 28.0. The summed E-state index contributed by atoms with van der Waals surface area (Å²) >= 11 is 0. The maximum Gasteiger partial charge on any atom is 0.407 e. The summed E-state index contributed by atoms with van der Waals surface area (Å²) < 4.78 is 16.3. The van der Waals surface area contributed by atoms with E-state index in [-0.39, 0.29) is 25.6 Å². The Bertz CT molecular complexity index is 1040. The molecule has 8 nitrogen and oxygen atoms in total. The molecule has 1 unspecified atom stereocenters. The van der Waals surface area contributed by atoms with Crippen LogP contribution < -0.4 is 15.4 Å². The van der Waals surface area contributed by atoms with E-state index in [0.717, 1.165) is 42.0 Å². The number of benzene rings is 2. The summed E-state index contributed by atoms with van der Waals surface area (Å²) in [5, 5.41) is 6.07. The quantitative estimate of drug-likeness (QED) is 0.388. The fraction of sp³-hybridized carbons (Fsp3) is 0.483. The molecule has 0 aliphatic carbocycles. The van der Waals surface area contributed by atoms with Gasteiger partial charge in [-0.15, -0.1) is 0 Å². The molecule has 0 spiro atoms. The van der Waals surface area contributed by atoms with E-state index in [2.05, 4.69) is 21.7 Å². The normalized spacial score (nSPS) is 14.2. The van der Waals surface area contributed by atoms with Gasteiger partial charge in [0.1, 0.15) is 24.2 Å². The Labute approximate surface area is 219 Å². The van der Waals surface area contributed by atoms with E-state index in [9.17, 15) is 9.59 Å². The highest BCUT2D eigenvalue weighted by molar-refractivity contribution is 5.95. The van der Waals surface area contributed by atoms with E-state index in [4.69, 9.17) is 14.2 Å². The van der Waals surface area contributed by atoms with Crippen LogP contribution in [0.4, 0.5) is 10.5 Å². The van der Waals surface area contributed by atoms with E-state index < -0.39 is 18.1 Å². The third-order valence-electron chi connectivity index (χ3n) is 5.77. The Morgan fingerprint density at radius 3 is 2.57 bits per heavy atom. The van der Waals surface area contributed by atoms with Crippen LogP contribution in [-0.2, 0) is 27.3 Å². The second-order valence-corrected chi connectivity index (χ2v) is 9.54. The van der Waals surface area contributed by atoms with Gasteiger partial charge in [0, 0.05) is 25.1 Å². The van der Waals surface area contributed by atoms with Crippen molar-refractivity contribution in [1.82, 2.24) is 5.32 Å². The summed E-state index contributed by atoms with van der Waals surface area (Å²) in [4.78, 5) is 29.1. The SMILES string of the molecule is CCOC(=O)C(Cc1ccc(OCc2cccc(NC3=NCCCCC3)c2)cc1)NC(=O)OCC(C)C. The number of aliphatic imine (C=N–C) groups is 1. The van der Waals surface area contributed by atoms with Crippen molar-refractivity contribution in [2.45, 2.75) is 65.5 Å². The summed E-state index contributed by atoms with van der Waals surface area (Å²) in [5.74, 6) is 1.48. The van der Waals surface area contributed by atoms with Gasteiger partial charge in [0.2, 0.25) is 0 Å². The van der Waals surface area contributed by atoms with Gasteiger partial charge >= 0.3 is 12.1 Å². The highest BCUT2D eigenvalue weighted by atomic mass is 16.6. The summed E-state index contributed by atoms with van der Waals surface area (Å²) in [7, 11) is 0. The minimum atomic E-state index is -0.834. The minimum absolute atomic E-state index is 0.203.